The van der Waals surface area contributed by atoms with Crippen LogP contribution in [0.5, 0.6) is 0 Å². The maximum Gasteiger partial charge on any atom is 0.0985 e. The predicted octanol–water partition coefficient (Wildman–Crippen LogP) is 3.38. The third kappa shape index (κ3) is 1.79. The molecule has 2 unspecified atom stereocenters. The first kappa shape index (κ1) is 10.7. The fourth-order valence-corrected chi connectivity index (χ4v) is 3.75. The number of nitrogens with one attached hydrogen (secondary N) is 1. The zero-order valence-corrected chi connectivity index (χ0v) is 11.4. The minimum atomic E-state index is 0.594. The number of fused-ring (bicyclic) bond motifs is 1. The summed E-state index contributed by atoms with van der Waals surface area (Å²) in [6.07, 6.45) is 0. The van der Waals surface area contributed by atoms with Crippen LogP contribution in [0.3, 0.4) is 0 Å². The van der Waals surface area contributed by atoms with E-state index in [9.17, 15) is 0 Å². The monoisotopic (exact) mass is 296 g/mol. The second-order valence-corrected chi connectivity index (χ2v) is 6.38. The van der Waals surface area contributed by atoms with Gasteiger partial charge in [-0.15, -0.1) is 11.3 Å². The second-order valence-electron chi connectivity index (χ2n) is 4.41. The highest BCUT2D eigenvalue weighted by molar-refractivity contribution is 9.10. The van der Waals surface area contributed by atoms with E-state index in [0.717, 1.165) is 23.1 Å². The van der Waals surface area contributed by atoms with Crippen LogP contribution >= 0.6 is 27.3 Å². The number of thiazole rings is 1. The van der Waals surface area contributed by atoms with Crippen LogP contribution in [0.15, 0.2) is 22.7 Å². The molecule has 0 bridgehead atoms. The number of nitrogens with zero attached hydrogens (tertiary/aromatic N) is 1. The average molecular weight is 297 g/mol. The molecule has 2 nitrogen and oxygen atoms in total. The standard InChI is InChI=1S/C12H13BrN2S/c1-7-5-14-6-9(7)12-15-10-4-8(13)2-3-11(10)16-12/h2-4,7,9,14H,5-6H2,1H3. The number of hydrogen-bond acceptors (Lipinski definition) is 3. The summed E-state index contributed by atoms with van der Waals surface area (Å²) in [5.74, 6) is 1.29. The summed E-state index contributed by atoms with van der Waals surface area (Å²) in [4.78, 5) is 4.75. The van der Waals surface area contributed by atoms with E-state index in [1.54, 1.807) is 0 Å². The molecule has 2 aromatic rings. The molecule has 0 aliphatic carbocycles. The fraction of sp³-hybridized carbons (Fsp3) is 0.417. The average Bonchev–Trinajstić information content (AvgIpc) is 2.82. The van der Waals surface area contributed by atoms with Gasteiger partial charge in [0.25, 0.3) is 0 Å². The molecule has 1 N–H and O–H groups in total. The van der Waals surface area contributed by atoms with Gasteiger partial charge in [-0.25, -0.2) is 4.98 Å². The van der Waals surface area contributed by atoms with Crippen molar-refractivity contribution in [2.45, 2.75) is 12.8 Å². The van der Waals surface area contributed by atoms with E-state index < -0.39 is 0 Å². The van der Waals surface area contributed by atoms with E-state index >= 15 is 0 Å². The Balaban J connectivity index is 2.04. The Bertz CT molecular complexity index is 523. The Labute approximate surface area is 107 Å². The van der Waals surface area contributed by atoms with E-state index in [0.29, 0.717) is 11.8 Å². The van der Waals surface area contributed by atoms with Crippen LogP contribution < -0.4 is 5.32 Å². The number of rotatable bonds is 1. The lowest BCUT2D eigenvalue weighted by Crippen LogP contribution is -2.07. The lowest BCUT2D eigenvalue weighted by atomic mass is 9.99. The van der Waals surface area contributed by atoms with Crippen molar-refractivity contribution in [2.75, 3.05) is 13.1 Å². The van der Waals surface area contributed by atoms with Crippen molar-refractivity contribution in [2.24, 2.45) is 5.92 Å². The predicted molar refractivity (Wildman–Crippen MR) is 72.1 cm³/mol. The molecule has 2 heterocycles. The third-order valence-electron chi connectivity index (χ3n) is 3.20. The molecule has 0 saturated carbocycles. The second kappa shape index (κ2) is 4.09. The summed E-state index contributed by atoms with van der Waals surface area (Å²) in [5.41, 5.74) is 1.12. The van der Waals surface area contributed by atoms with E-state index in [1.165, 1.54) is 9.71 Å². The first-order valence-corrected chi connectivity index (χ1v) is 7.11. The van der Waals surface area contributed by atoms with Crippen molar-refractivity contribution in [3.05, 3.63) is 27.7 Å². The van der Waals surface area contributed by atoms with Crippen LogP contribution in [0.1, 0.15) is 17.8 Å². The van der Waals surface area contributed by atoms with Gasteiger partial charge in [0, 0.05) is 16.9 Å². The molecule has 1 saturated heterocycles. The highest BCUT2D eigenvalue weighted by Gasteiger charge is 2.27. The first-order valence-electron chi connectivity index (χ1n) is 5.51. The third-order valence-corrected chi connectivity index (χ3v) is 4.86. The van der Waals surface area contributed by atoms with Gasteiger partial charge < -0.3 is 5.32 Å². The normalized spacial score (nSPS) is 25.4. The summed E-state index contributed by atoms with van der Waals surface area (Å²) in [5, 5.41) is 4.72. The molecule has 1 aromatic heterocycles. The molecule has 1 fully saturated rings. The highest BCUT2D eigenvalue weighted by Crippen LogP contribution is 2.34. The van der Waals surface area contributed by atoms with Crippen LogP contribution in [0, 0.1) is 5.92 Å². The fourth-order valence-electron chi connectivity index (χ4n) is 2.22. The smallest absolute Gasteiger partial charge is 0.0985 e. The van der Waals surface area contributed by atoms with Crippen molar-refractivity contribution in [1.82, 2.24) is 10.3 Å². The molecule has 16 heavy (non-hydrogen) atoms. The zero-order chi connectivity index (χ0) is 11.1. The van der Waals surface area contributed by atoms with Crippen LogP contribution in [-0.4, -0.2) is 18.1 Å². The molecule has 0 spiro atoms. The minimum absolute atomic E-state index is 0.594. The number of halogens is 1. The molecular formula is C12H13BrN2S. The Kier molecular flexibility index (Phi) is 2.73. The maximum atomic E-state index is 4.75. The molecule has 0 amide bonds. The first-order chi connectivity index (χ1) is 7.74. The van der Waals surface area contributed by atoms with Gasteiger partial charge in [-0.05, 0) is 30.7 Å². The van der Waals surface area contributed by atoms with Gasteiger partial charge in [0.05, 0.1) is 15.2 Å². The number of hydrogen-bond donors (Lipinski definition) is 1. The van der Waals surface area contributed by atoms with Gasteiger partial charge >= 0.3 is 0 Å². The zero-order valence-electron chi connectivity index (χ0n) is 9.03. The minimum Gasteiger partial charge on any atom is -0.316 e. The maximum absolute atomic E-state index is 4.75. The van der Waals surface area contributed by atoms with Crippen molar-refractivity contribution >= 4 is 37.5 Å². The van der Waals surface area contributed by atoms with Crippen molar-refractivity contribution < 1.29 is 0 Å². The Morgan fingerprint density at radius 2 is 2.31 bits per heavy atom. The summed E-state index contributed by atoms with van der Waals surface area (Å²) < 4.78 is 2.40. The topological polar surface area (TPSA) is 24.9 Å². The van der Waals surface area contributed by atoms with Gasteiger partial charge in [-0.1, -0.05) is 22.9 Å². The van der Waals surface area contributed by atoms with Gasteiger partial charge in [-0.2, -0.15) is 0 Å². The molecular weight excluding hydrogens is 284 g/mol. The summed E-state index contributed by atoms with van der Waals surface area (Å²) >= 11 is 5.32. The Morgan fingerprint density at radius 1 is 1.44 bits per heavy atom. The van der Waals surface area contributed by atoms with Crippen molar-refractivity contribution in [3.8, 4) is 0 Å². The van der Waals surface area contributed by atoms with Gasteiger partial charge in [-0.3, -0.25) is 0 Å². The van der Waals surface area contributed by atoms with Gasteiger partial charge in [0.1, 0.15) is 0 Å². The summed E-state index contributed by atoms with van der Waals surface area (Å²) in [7, 11) is 0. The SMILES string of the molecule is CC1CNCC1c1nc2cc(Br)ccc2s1. The van der Waals surface area contributed by atoms with Crippen LogP contribution in [-0.2, 0) is 0 Å². The molecule has 1 aliphatic rings. The van der Waals surface area contributed by atoms with E-state index in [2.05, 4.69) is 46.4 Å². The quantitative estimate of drug-likeness (QED) is 0.873. The summed E-state index contributed by atoms with van der Waals surface area (Å²) in [6, 6.07) is 6.33. The molecule has 84 valence electrons. The number of aromatic nitrogens is 1. The van der Waals surface area contributed by atoms with Gasteiger partial charge in [0.2, 0.25) is 0 Å². The molecule has 4 heteroatoms. The van der Waals surface area contributed by atoms with Gasteiger partial charge in [0.15, 0.2) is 0 Å². The van der Waals surface area contributed by atoms with Crippen LogP contribution in [0.2, 0.25) is 0 Å². The molecule has 2 atom stereocenters. The Hall–Kier alpha value is -0.450. The molecule has 1 aromatic carbocycles. The lowest BCUT2D eigenvalue weighted by Gasteiger charge is -2.09. The van der Waals surface area contributed by atoms with E-state index in [1.807, 2.05) is 11.3 Å². The molecule has 0 radical (unpaired) electrons. The molecule has 3 rings (SSSR count). The molecule has 1 aliphatic heterocycles. The van der Waals surface area contributed by atoms with Crippen LogP contribution in [0.4, 0.5) is 0 Å². The Morgan fingerprint density at radius 3 is 3.06 bits per heavy atom. The van der Waals surface area contributed by atoms with Crippen LogP contribution in [0.25, 0.3) is 10.2 Å². The van der Waals surface area contributed by atoms with Crippen molar-refractivity contribution in [1.29, 1.82) is 0 Å². The summed E-state index contributed by atoms with van der Waals surface area (Å²) in [6.45, 7) is 4.49. The highest BCUT2D eigenvalue weighted by atomic mass is 79.9. The largest absolute Gasteiger partial charge is 0.316 e. The lowest BCUT2D eigenvalue weighted by molar-refractivity contribution is 0.570. The van der Waals surface area contributed by atoms with E-state index in [-0.39, 0.29) is 0 Å². The van der Waals surface area contributed by atoms with E-state index in [4.69, 9.17) is 4.98 Å². The van der Waals surface area contributed by atoms with Crippen molar-refractivity contribution in [3.63, 3.8) is 0 Å². The number of benzene rings is 1.